The number of hydrogen-bond donors (Lipinski definition) is 0. The quantitative estimate of drug-likeness (QED) is 0.510. The summed E-state index contributed by atoms with van der Waals surface area (Å²) in [4.78, 5) is 12.2. The van der Waals surface area contributed by atoms with Crippen LogP contribution in [-0.2, 0) is 9.53 Å². The third kappa shape index (κ3) is 3.18. The molecule has 1 fully saturated rings. The van der Waals surface area contributed by atoms with E-state index in [0.717, 1.165) is 44.4 Å². The predicted octanol–water partition coefficient (Wildman–Crippen LogP) is 3.51. The maximum absolute atomic E-state index is 12.2. The van der Waals surface area contributed by atoms with Gasteiger partial charge in [-0.05, 0) is 44.4 Å². The van der Waals surface area contributed by atoms with E-state index in [9.17, 15) is 4.79 Å². The first-order valence-electron chi connectivity index (χ1n) is 6.34. The van der Waals surface area contributed by atoms with Gasteiger partial charge in [-0.1, -0.05) is 13.0 Å². The summed E-state index contributed by atoms with van der Waals surface area (Å²) in [7, 11) is 1.68. The van der Waals surface area contributed by atoms with Gasteiger partial charge < -0.3 is 4.74 Å². The third-order valence-corrected chi connectivity index (χ3v) is 3.79. The fraction of sp³-hybridized carbons (Fsp3) is 0.786. The van der Waals surface area contributed by atoms with E-state index in [0.29, 0.717) is 12.2 Å². The number of carbonyl (C=O) groups excluding carboxylic acids is 1. The van der Waals surface area contributed by atoms with Crippen molar-refractivity contribution >= 4 is 5.78 Å². The average molecular weight is 224 g/mol. The van der Waals surface area contributed by atoms with Crippen LogP contribution in [0, 0.1) is 5.92 Å². The van der Waals surface area contributed by atoms with Crippen LogP contribution >= 0.6 is 0 Å². The summed E-state index contributed by atoms with van der Waals surface area (Å²) >= 11 is 0. The van der Waals surface area contributed by atoms with E-state index in [1.807, 2.05) is 6.08 Å². The molecule has 92 valence electrons. The lowest BCUT2D eigenvalue weighted by Gasteiger charge is -2.37. The molecule has 0 radical (unpaired) electrons. The average Bonchev–Trinajstić information content (AvgIpc) is 2.31. The van der Waals surface area contributed by atoms with Crippen molar-refractivity contribution in [2.24, 2.45) is 5.92 Å². The van der Waals surface area contributed by atoms with E-state index < -0.39 is 5.60 Å². The van der Waals surface area contributed by atoms with Crippen molar-refractivity contribution in [3.05, 3.63) is 12.7 Å². The first kappa shape index (κ1) is 13.4. The molecule has 1 saturated carbocycles. The second-order valence-corrected chi connectivity index (χ2v) is 4.99. The van der Waals surface area contributed by atoms with E-state index in [4.69, 9.17) is 4.74 Å². The van der Waals surface area contributed by atoms with E-state index in [1.165, 1.54) is 0 Å². The lowest BCUT2D eigenvalue weighted by atomic mass is 9.76. The zero-order chi connectivity index (χ0) is 12.0. The number of allylic oxidation sites excluding steroid dienone is 1. The van der Waals surface area contributed by atoms with E-state index >= 15 is 0 Å². The number of ketones is 1. The second kappa shape index (κ2) is 6.19. The number of methoxy groups -OCH3 is 1. The number of rotatable bonds is 6. The Hall–Kier alpha value is -0.630. The van der Waals surface area contributed by atoms with Crippen LogP contribution in [-0.4, -0.2) is 18.5 Å². The van der Waals surface area contributed by atoms with Crippen LogP contribution < -0.4 is 0 Å². The summed E-state index contributed by atoms with van der Waals surface area (Å²) in [5.41, 5.74) is -0.465. The van der Waals surface area contributed by atoms with Gasteiger partial charge in [0.2, 0.25) is 0 Å². The smallest absolute Gasteiger partial charge is 0.164 e. The predicted molar refractivity (Wildman–Crippen MR) is 66.4 cm³/mol. The minimum Gasteiger partial charge on any atom is -0.370 e. The fourth-order valence-corrected chi connectivity index (χ4v) is 2.46. The van der Waals surface area contributed by atoms with Gasteiger partial charge in [-0.25, -0.2) is 0 Å². The Bertz CT molecular complexity index is 237. The standard InChI is InChI=1S/C14H24O2/c1-4-5-6-7-13(15)14(16-3)10-8-12(2)9-11-14/h4,12H,1,5-11H2,2-3H3. The zero-order valence-electron chi connectivity index (χ0n) is 10.6. The first-order valence-corrected chi connectivity index (χ1v) is 6.34. The van der Waals surface area contributed by atoms with Gasteiger partial charge in [0.05, 0.1) is 0 Å². The minimum absolute atomic E-state index is 0.295. The van der Waals surface area contributed by atoms with Gasteiger partial charge in [0.1, 0.15) is 5.60 Å². The summed E-state index contributed by atoms with van der Waals surface area (Å²) < 4.78 is 5.54. The Labute approximate surface area is 99.1 Å². The Morgan fingerprint density at radius 2 is 2.12 bits per heavy atom. The van der Waals surface area contributed by atoms with Gasteiger partial charge in [-0.15, -0.1) is 6.58 Å². The van der Waals surface area contributed by atoms with Gasteiger partial charge in [0.25, 0.3) is 0 Å². The SMILES string of the molecule is C=CCCCC(=O)C1(OC)CCC(C)CC1. The van der Waals surface area contributed by atoms with Crippen LogP contribution in [0.3, 0.4) is 0 Å². The van der Waals surface area contributed by atoms with Gasteiger partial charge in [-0.2, -0.15) is 0 Å². The second-order valence-electron chi connectivity index (χ2n) is 4.99. The van der Waals surface area contributed by atoms with E-state index in [-0.39, 0.29) is 0 Å². The highest BCUT2D eigenvalue weighted by atomic mass is 16.5. The molecule has 1 aliphatic rings. The largest absolute Gasteiger partial charge is 0.370 e. The van der Waals surface area contributed by atoms with Crippen molar-refractivity contribution in [2.45, 2.75) is 57.5 Å². The molecule has 0 aromatic carbocycles. The Morgan fingerprint density at radius 1 is 1.50 bits per heavy atom. The molecule has 2 heteroatoms. The Morgan fingerprint density at radius 3 is 2.62 bits per heavy atom. The molecule has 0 N–H and O–H groups in total. The molecular weight excluding hydrogens is 200 g/mol. The molecule has 0 spiro atoms. The monoisotopic (exact) mass is 224 g/mol. The highest BCUT2D eigenvalue weighted by molar-refractivity contribution is 5.87. The number of unbranched alkanes of at least 4 members (excludes halogenated alkanes) is 1. The van der Waals surface area contributed by atoms with Crippen molar-refractivity contribution in [3.8, 4) is 0 Å². The maximum Gasteiger partial charge on any atom is 0.164 e. The lowest BCUT2D eigenvalue weighted by Crippen LogP contribution is -2.43. The summed E-state index contributed by atoms with van der Waals surface area (Å²) in [6, 6.07) is 0. The highest BCUT2D eigenvalue weighted by Crippen LogP contribution is 2.36. The molecule has 0 bridgehead atoms. The van der Waals surface area contributed by atoms with Crippen molar-refractivity contribution < 1.29 is 9.53 Å². The van der Waals surface area contributed by atoms with Crippen LogP contribution in [0.2, 0.25) is 0 Å². The van der Waals surface area contributed by atoms with Gasteiger partial charge in [0, 0.05) is 13.5 Å². The molecule has 0 atom stereocenters. The molecule has 0 unspecified atom stereocenters. The minimum atomic E-state index is -0.465. The first-order chi connectivity index (χ1) is 7.64. The summed E-state index contributed by atoms with van der Waals surface area (Å²) in [5.74, 6) is 1.04. The van der Waals surface area contributed by atoms with Crippen LogP contribution in [0.15, 0.2) is 12.7 Å². The molecule has 0 aromatic rings. The normalized spacial score (nSPS) is 30.0. The van der Waals surface area contributed by atoms with Crippen LogP contribution in [0.25, 0.3) is 0 Å². The Balaban J connectivity index is 2.51. The van der Waals surface area contributed by atoms with Crippen molar-refractivity contribution in [2.75, 3.05) is 7.11 Å². The van der Waals surface area contributed by atoms with Crippen molar-refractivity contribution in [3.63, 3.8) is 0 Å². The summed E-state index contributed by atoms with van der Waals surface area (Å²) in [5, 5.41) is 0. The topological polar surface area (TPSA) is 26.3 Å². The number of hydrogen-bond acceptors (Lipinski definition) is 2. The van der Waals surface area contributed by atoms with Crippen LogP contribution in [0.4, 0.5) is 0 Å². The molecule has 0 aromatic heterocycles. The highest BCUT2D eigenvalue weighted by Gasteiger charge is 2.40. The summed E-state index contributed by atoms with van der Waals surface area (Å²) in [6.07, 6.45) is 8.35. The van der Waals surface area contributed by atoms with Crippen molar-refractivity contribution in [1.29, 1.82) is 0 Å². The molecule has 1 aliphatic carbocycles. The molecule has 1 rings (SSSR count). The number of ether oxygens (including phenoxy) is 1. The van der Waals surface area contributed by atoms with Crippen LogP contribution in [0.1, 0.15) is 51.9 Å². The number of carbonyl (C=O) groups is 1. The van der Waals surface area contributed by atoms with Crippen molar-refractivity contribution in [1.82, 2.24) is 0 Å². The lowest BCUT2D eigenvalue weighted by molar-refractivity contribution is -0.146. The number of Topliss-reactive ketones (excluding diaryl/α,β-unsaturated/α-hetero) is 1. The molecule has 16 heavy (non-hydrogen) atoms. The molecule has 0 heterocycles. The molecule has 0 aliphatic heterocycles. The molecule has 0 saturated heterocycles. The maximum atomic E-state index is 12.2. The van der Waals surface area contributed by atoms with Gasteiger partial charge in [0.15, 0.2) is 5.78 Å². The molecular formula is C14H24O2. The molecule has 0 amide bonds. The van der Waals surface area contributed by atoms with E-state index in [2.05, 4.69) is 13.5 Å². The summed E-state index contributed by atoms with van der Waals surface area (Å²) in [6.45, 7) is 5.93. The van der Waals surface area contributed by atoms with Gasteiger partial charge >= 0.3 is 0 Å². The molecule has 2 nitrogen and oxygen atoms in total. The zero-order valence-corrected chi connectivity index (χ0v) is 10.6. The third-order valence-electron chi connectivity index (χ3n) is 3.79. The van der Waals surface area contributed by atoms with E-state index in [1.54, 1.807) is 7.11 Å². The fourth-order valence-electron chi connectivity index (χ4n) is 2.46. The Kier molecular flexibility index (Phi) is 5.20. The van der Waals surface area contributed by atoms with Gasteiger partial charge in [-0.3, -0.25) is 4.79 Å². The van der Waals surface area contributed by atoms with Crippen LogP contribution in [0.5, 0.6) is 0 Å².